The van der Waals surface area contributed by atoms with Crippen molar-refractivity contribution >= 4 is 28.5 Å². The Labute approximate surface area is 175 Å². The van der Waals surface area contributed by atoms with E-state index < -0.39 is 12.1 Å². The largest absolute Gasteiger partial charge is 0.490 e. The van der Waals surface area contributed by atoms with E-state index in [9.17, 15) is 18.0 Å². The van der Waals surface area contributed by atoms with Crippen molar-refractivity contribution in [2.24, 2.45) is 0 Å². The van der Waals surface area contributed by atoms with Crippen LogP contribution >= 0.6 is 0 Å². The number of hydrogen-bond donors (Lipinski definition) is 3. The maximum Gasteiger partial charge on any atom is 0.490 e. The number of H-pyrrole nitrogens is 1. The number of amides is 1. The van der Waals surface area contributed by atoms with E-state index >= 15 is 0 Å². The first kappa shape index (κ1) is 22.3. The molecule has 1 saturated heterocycles. The number of nitrogens with zero attached hydrogens (tertiary/aromatic N) is 2. The average Bonchev–Trinajstić information content (AvgIpc) is 3.37. The molecule has 2 heterocycles. The number of carbonyl (C=O) groups excluding carboxylic acids is 1. The number of alkyl halides is 3. The smallest absolute Gasteiger partial charge is 0.475 e. The summed E-state index contributed by atoms with van der Waals surface area (Å²) in [5.41, 5.74) is 3.33. The molecule has 10 heteroatoms. The third kappa shape index (κ3) is 6.05. The zero-order valence-electron chi connectivity index (χ0n) is 16.4. The molecule has 4 rings (SSSR count). The zero-order chi connectivity index (χ0) is 22.4. The molecule has 0 aliphatic carbocycles. The van der Waals surface area contributed by atoms with Crippen LogP contribution in [0.1, 0.15) is 28.9 Å². The summed E-state index contributed by atoms with van der Waals surface area (Å²) in [7, 11) is 0. The molecule has 31 heavy (non-hydrogen) atoms. The Balaban J connectivity index is 0.000000339. The van der Waals surface area contributed by atoms with E-state index in [4.69, 9.17) is 9.90 Å². The molecule has 1 aliphatic heterocycles. The van der Waals surface area contributed by atoms with Crippen LogP contribution < -0.4 is 5.32 Å². The van der Waals surface area contributed by atoms with E-state index in [0.717, 1.165) is 36.2 Å². The third-order valence-electron chi connectivity index (χ3n) is 4.72. The standard InChI is InChI=1S/C19H20N4O.C2HF3O2/c24-19(18-16-8-1-2-9-17(16)21-22-18)20-15-7-5-6-14(12-15)13-23-10-3-4-11-23;3-2(4,5)1(6)7/h1-2,5-9,12H,3-4,10-11,13H2,(H,20,24)(H,21,22);(H,6,7). The van der Waals surface area contributed by atoms with Crippen molar-refractivity contribution in [2.75, 3.05) is 18.4 Å². The van der Waals surface area contributed by atoms with Gasteiger partial charge in [-0.15, -0.1) is 0 Å². The minimum absolute atomic E-state index is 0.189. The van der Waals surface area contributed by atoms with Crippen molar-refractivity contribution in [2.45, 2.75) is 25.6 Å². The summed E-state index contributed by atoms with van der Waals surface area (Å²) < 4.78 is 31.7. The van der Waals surface area contributed by atoms with Gasteiger partial charge < -0.3 is 10.4 Å². The van der Waals surface area contributed by atoms with Crippen LogP contribution in [0.4, 0.5) is 18.9 Å². The van der Waals surface area contributed by atoms with Gasteiger partial charge in [-0.3, -0.25) is 14.8 Å². The lowest BCUT2D eigenvalue weighted by atomic mass is 10.1. The summed E-state index contributed by atoms with van der Waals surface area (Å²) in [6, 6.07) is 15.7. The highest BCUT2D eigenvalue weighted by Gasteiger charge is 2.38. The summed E-state index contributed by atoms with van der Waals surface area (Å²) in [6.07, 6.45) is -2.52. The molecular weight excluding hydrogens is 413 g/mol. The van der Waals surface area contributed by atoms with Crippen LogP contribution in [-0.4, -0.2) is 51.3 Å². The van der Waals surface area contributed by atoms with E-state index in [2.05, 4.69) is 26.5 Å². The molecule has 1 amide bonds. The molecule has 0 spiro atoms. The van der Waals surface area contributed by atoms with Crippen molar-refractivity contribution in [3.63, 3.8) is 0 Å². The number of likely N-dealkylation sites (tertiary alicyclic amines) is 1. The molecule has 0 bridgehead atoms. The molecular formula is C21H21F3N4O3. The molecule has 3 aromatic rings. The Morgan fingerprint density at radius 3 is 2.45 bits per heavy atom. The monoisotopic (exact) mass is 434 g/mol. The van der Waals surface area contributed by atoms with Gasteiger partial charge in [-0.05, 0) is 49.7 Å². The van der Waals surface area contributed by atoms with Crippen LogP contribution in [0.25, 0.3) is 10.9 Å². The Bertz CT molecular complexity index is 1060. The fourth-order valence-electron chi connectivity index (χ4n) is 3.27. The first-order valence-electron chi connectivity index (χ1n) is 9.60. The normalized spacial score (nSPS) is 14.2. The van der Waals surface area contributed by atoms with Gasteiger partial charge in [0.25, 0.3) is 5.91 Å². The van der Waals surface area contributed by atoms with Gasteiger partial charge in [0, 0.05) is 17.6 Å². The minimum atomic E-state index is -5.08. The van der Waals surface area contributed by atoms with E-state index in [1.54, 1.807) is 0 Å². The summed E-state index contributed by atoms with van der Waals surface area (Å²) in [5, 5.41) is 18.0. The van der Waals surface area contributed by atoms with Crippen LogP contribution in [0.5, 0.6) is 0 Å². The van der Waals surface area contributed by atoms with Crippen LogP contribution in [0.15, 0.2) is 48.5 Å². The van der Waals surface area contributed by atoms with Gasteiger partial charge in [0.2, 0.25) is 0 Å². The maximum absolute atomic E-state index is 12.5. The molecule has 0 unspecified atom stereocenters. The van der Waals surface area contributed by atoms with Gasteiger partial charge in [-0.1, -0.05) is 30.3 Å². The number of aromatic nitrogens is 2. The Morgan fingerprint density at radius 2 is 1.77 bits per heavy atom. The second-order valence-electron chi connectivity index (χ2n) is 7.06. The predicted octanol–water partition coefficient (Wildman–Crippen LogP) is 4.04. The van der Waals surface area contributed by atoms with Crippen LogP contribution in [0.3, 0.4) is 0 Å². The van der Waals surface area contributed by atoms with E-state index in [0.29, 0.717) is 5.69 Å². The maximum atomic E-state index is 12.5. The van der Waals surface area contributed by atoms with Gasteiger partial charge >= 0.3 is 12.1 Å². The number of aromatic amines is 1. The van der Waals surface area contributed by atoms with E-state index in [-0.39, 0.29) is 5.91 Å². The number of carboxylic acid groups (broad SMARTS) is 1. The molecule has 1 aliphatic rings. The molecule has 1 aromatic heterocycles. The van der Waals surface area contributed by atoms with Crippen LogP contribution in [0.2, 0.25) is 0 Å². The van der Waals surface area contributed by atoms with Gasteiger partial charge in [0.05, 0.1) is 5.52 Å². The number of rotatable bonds is 4. The summed E-state index contributed by atoms with van der Waals surface area (Å²) in [5.74, 6) is -2.95. The predicted molar refractivity (Wildman–Crippen MR) is 109 cm³/mol. The molecule has 1 fully saturated rings. The quantitative estimate of drug-likeness (QED) is 0.576. The van der Waals surface area contributed by atoms with Gasteiger partial charge in [-0.2, -0.15) is 18.3 Å². The molecule has 0 radical (unpaired) electrons. The fraction of sp³-hybridized carbons (Fsp3) is 0.286. The minimum Gasteiger partial charge on any atom is -0.475 e. The number of benzene rings is 2. The first-order valence-corrected chi connectivity index (χ1v) is 9.60. The van der Waals surface area contributed by atoms with Crippen molar-refractivity contribution in [1.29, 1.82) is 0 Å². The van der Waals surface area contributed by atoms with E-state index in [1.165, 1.54) is 18.4 Å². The summed E-state index contributed by atoms with van der Waals surface area (Å²) in [6.45, 7) is 3.26. The molecule has 0 saturated carbocycles. The molecule has 7 nitrogen and oxygen atoms in total. The van der Waals surface area contributed by atoms with Crippen LogP contribution in [-0.2, 0) is 11.3 Å². The second-order valence-corrected chi connectivity index (χ2v) is 7.06. The highest BCUT2D eigenvalue weighted by atomic mass is 19.4. The summed E-state index contributed by atoms with van der Waals surface area (Å²) >= 11 is 0. The number of halogens is 3. The van der Waals surface area contributed by atoms with Crippen molar-refractivity contribution in [3.8, 4) is 0 Å². The molecule has 0 atom stereocenters. The Morgan fingerprint density at radius 1 is 1.10 bits per heavy atom. The zero-order valence-corrected chi connectivity index (χ0v) is 16.4. The van der Waals surface area contributed by atoms with Crippen molar-refractivity contribution in [3.05, 3.63) is 59.8 Å². The Kier molecular flexibility index (Phi) is 6.91. The lowest BCUT2D eigenvalue weighted by Crippen LogP contribution is -2.21. The topological polar surface area (TPSA) is 98.3 Å². The van der Waals surface area contributed by atoms with Crippen molar-refractivity contribution in [1.82, 2.24) is 15.1 Å². The molecule has 3 N–H and O–H groups in total. The SMILES string of the molecule is O=C(Nc1cccc(CN2CCCC2)c1)c1n[nH]c2ccccc12.O=C(O)C(F)(F)F. The third-order valence-corrected chi connectivity index (χ3v) is 4.72. The first-order chi connectivity index (χ1) is 14.7. The number of fused-ring (bicyclic) bond motifs is 1. The number of anilines is 1. The number of hydrogen-bond acceptors (Lipinski definition) is 4. The lowest BCUT2D eigenvalue weighted by Gasteiger charge is -2.15. The molecule has 2 aromatic carbocycles. The second kappa shape index (κ2) is 9.61. The molecule has 164 valence electrons. The van der Waals surface area contributed by atoms with Gasteiger partial charge in [0.15, 0.2) is 5.69 Å². The van der Waals surface area contributed by atoms with Gasteiger partial charge in [0.1, 0.15) is 0 Å². The highest BCUT2D eigenvalue weighted by molar-refractivity contribution is 6.11. The number of para-hydroxylation sites is 1. The number of carbonyl (C=O) groups is 2. The number of nitrogens with one attached hydrogen (secondary N) is 2. The lowest BCUT2D eigenvalue weighted by molar-refractivity contribution is -0.192. The van der Waals surface area contributed by atoms with Crippen LogP contribution in [0, 0.1) is 0 Å². The van der Waals surface area contributed by atoms with Gasteiger partial charge in [-0.25, -0.2) is 4.79 Å². The van der Waals surface area contributed by atoms with Crippen molar-refractivity contribution < 1.29 is 27.9 Å². The Hall–Kier alpha value is -3.40. The number of aliphatic carboxylic acids is 1. The highest BCUT2D eigenvalue weighted by Crippen LogP contribution is 2.19. The summed E-state index contributed by atoms with van der Waals surface area (Å²) in [4.78, 5) is 23.9. The fourth-order valence-corrected chi connectivity index (χ4v) is 3.27. The average molecular weight is 434 g/mol. The van der Waals surface area contributed by atoms with E-state index in [1.807, 2.05) is 42.5 Å². The number of carboxylic acids is 1.